The molecule has 11 nitrogen and oxygen atoms in total. The number of morpholine rings is 1. The fourth-order valence-electron chi connectivity index (χ4n) is 4.16. The normalized spacial score (nSPS) is 14.4. The predicted octanol–water partition coefficient (Wildman–Crippen LogP) is 4.37. The highest BCUT2D eigenvalue weighted by molar-refractivity contribution is 7.16. The van der Waals surface area contributed by atoms with E-state index in [0.29, 0.717) is 54.5 Å². The molecule has 1 aromatic heterocycles. The molecule has 224 valence electrons. The predicted molar refractivity (Wildman–Crippen MR) is 154 cm³/mol. The van der Waals surface area contributed by atoms with Crippen molar-refractivity contribution in [3.8, 4) is 0 Å². The van der Waals surface area contributed by atoms with Gasteiger partial charge in [-0.25, -0.2) is 15.6 Å². The maximum absolute atomic E-state index is 13.7. The van der Waals surface area contributed by atoms with Crippen molar-refractivity contribution >= 4 is 45.5 Å². The van der Waals surface area contributed by atoms with E-state index in [1.807, 2.05) is 4.90 Å². The lowest BCUT2D eigenvalue weighted by Crippen LogP contribution is -2.35. The molecule has 0 saturated carbocycles. The molecular weight excluding hydrogens is 575 g/mol. The van der Waals surface area contributed by atoms with Crippen LogP contribution in [0.2, 0.25) is 0 Å². The molecule has 1 saturated heterocycles. The largest absolute Gasteiger partial charge is 0.453 e. The van der Waals surface area contributed by atoms with Crippen LogP contribution in [0.3, 0.4) is 0 Å². The number of amides is 2. The average Bonchev–Trinajstić information content (AvgIpc) is 3.41. The quantitative estimate of drug-likeness (QED) is 0.217. The van der Waals surface area contributed by atoms with Gasteiger partial charge in [0.05, 0.1) is 42.1 Å². The van der Waals surface area contributed by atoms with Crippen LogP contribution in [0.1, 0.15) is 31.9 Å². The molecule has 1 aliphatic heterocycles. The second-order valence-corrected chi connectivity index (χ2v) is 10.4. The fourth-order valence-corrected chi connectivity index (χ4v) is 4.88. The molecular formula is C27H30F3N7O4S. The highest BCUT2D eigenvalue weighted by Crippen LogP contribution is 2.33. The SMILES string of the molecule is COC(=O)Nc1ncc(/C(N)=C/N(N)c2cc(C(=O)Nc3cc(CN4CCOCC4)cc(C(F)(F)F)c3)ccc2C)s1. The van der Waals surface area contributed by atoms with Gasteiger partial charge in [-0.2, -0.15) is 13.2 Å². The van der Waals surface area contributed by atoms with Crippen molar-refractivity contribution in [2.75, 3.05) is 49.1 Å². The third-order valence-electron chi connectivity index (χ3n) is 6.30. The number of hydrogen-bond acceptors (Lipinski definition) is 10. The number of aryl methyl sites for hydroxylation is 1. The van der Waals surface area contributed by atoms with Crippen molar-refractivity contribution in [2.45, 2.75) is 19.6 Å². The summed E-state index contributed by atoms with van der Waals surface area (Å²) in [6.07, 6.45) is -2.39. The highest BCUT2D eigenvalue weighted by atomic mass is 32.1. The first kappa shape index (κ1) is 30.8. The van der Waals surface area contributed by atoms with Crippen LogP contribution in [-0.2, 0) is 22.2 Å². The van der Waals surface area contributed by atoms with Gasteiger partial charge in [0.1, 0.15) is 0 Å². The van der Waals surface area contributed by atoms with E-state index in [2.05, 4.69) is 20.4 Å². The number of benzene rings is 2. The standard InChI is InChI=1S/C27H30F3N7O4S/c1-16-3-4-18(11-22(16)37(32)15-21(31)23-13-33-25(42-23)35-26(39)40-2)24(38)34-20-10-17(9-19(12-20)27(28,29)30)14-36-5-7-41-8-6-36/h3-4,9-13,15H,5-8,14,31-32H2,1-2H3,(H,34,38)(H,33,35,39)/b21-15-. The Morgan fingerprint density at radius 3 is 2.62 bits per heavy atom. The van der Waals surface area contributed by atoms with Gasteiger partial charge in [-0.1, -0.05) is 17.4 Å². The van der Waals surface area contributed by atoms with Crippen LogP contribution >= 0.6 is 11.3 Å². The van der Waals surface area contributed by atoms with Gasteiger partial charge in [-0.3, -0.25) is 20.0 Å². The topological polar surface area (TPSA) is 148 Å². The van der Waals surface area contributed by atoms with Crippen molar-refractivity contribution in [3.63, 3.8) is 0 Å². The number of rotatable bonds is 8. The van der Waals surface area contributed by atoms with Crippen LogP contribution in [0, 0.1) is 6.92 Å². The molecule has 1 fully saturated rings. The number of alkyl halides is 3. The molecule has 3 aromatic rings. The van der Waals surface area contributed by atoms with Crippen molar-refractivity contribution in [3.05, 3.63) is 75.9 Å². The molecule has 0 atom stereocenters. The number of nitrogens with two attached hydrogens (primary N) is 2. The Labute approximate surface area is 243 Å². The summed E-state index contributed by atoms with van der Waals surface area (Å²) in [7, 11) is 1.23. The van der Waals surface area contributed by atoms with Crippen LogP contribution in [-0.4, -0.2) is 55.3 Å². The van der Waals surface area contributed by atoms with Crippen LogP contribution in [0.15, 0.2) is 48.8 Å². The number of thiazole rings is 1. The summed E-state index contributed by atoms with van der Waals surface area (Å²) in [6, 6.07) is 8.26. The van der Waals surface area contributed by atoms with Gasteiger partial charge >= 0.3 is 12.3 Å². The van der Waals surface area contributed by atoms with Crippen molar-refractivity contribution in [1.82, 2.24) is 9.88 Å². The number of hydrogen-bond donors (Lipinski definition) is 4. The molecule has 4 rings (SSSR count). The summed E-state index contributed by atoms with van der Waals surface area (Å²) in [6.45, 7) is 4.29. The molecule has 2 amide bonds. The Kier molecular flexibility index (Phi) is 9.67. The molecule has 6 N–H and O–H groups in total. The van der Waals surface area contributed by atoms with E-state index >= 15 is 0 Å². The van der Waals surface area contributed by atoms with Crippen LogP contribution < -0.4 is 27.2 Å². The number of nitrogens with zero attached hydrogens (tertiary/aromatic N) is 3. The van der Waals surface area contributed by atoms with Gasteiger partial charge in [0.25, 0.3) is 5.91 Å². The first-order chi connectivity index (χ1) is 19.9. The third kappa shape index (κ3) is 7.97. The van der Waals surface area contributed by atoms with E-state index in [9.17, 15) is 22.8 Å². The Morgan fingerprint density at radius 2 is 1.93 bits per heavy atom. The third-order valence-corrected chi connectivity index (χ3v) is 7.26. The van der Waals surface area contributed by atoms with Crippen LogP contribution in [0.4, 0.5) is 34.5 Å². The Balaban J connectivity index is 1.53. The van der Waals surface area contributed by atoms with Gasteiger partial charge in [0.15, 0.2) is 5.13 Å². The molecule has 2 aromatic carbocycles. The number of ether oxygens (including phenoxy) is 2. The first-order valence-electron chi connectivity index (χ1n) is 12.7. The molecule has 0 bridgehead atoms. The minimum atomic E-state index is -4.59. The van der Waals surface area contributed by atoms with E-state index < -0.39 is 23.7 Å². The van der Waals surface area contributed by atoms with Crippen LogP contribution in [0.5, 0.6) is 0 Å². The number of methoxy groups -OCH3 is 1. The van der Waals surface area contributed by atoms with Crippen LogP contribution in [0.25, 0.3) is 5.70 Å². The van der Waals surface area contributed by atoms with Gasteiger partial charge in [0, 0.05) is 43.3 Å². The lowest BCUT2D eigenvalue weighted by atomic mass is 10.1. The highest BCUT2D eigenvalue weighted by Gasteiger charge is 2.31. The summed E-state index contributed by atoms with van der Waals surface area (Å²) in [4.78, 5) is 31.1. The summed E-state index contributed by atoms with van der Waals surface area (Å²) in [5.41, 5.74) is 7.32. The number of nitrogens with one attached hydrogen (secondary N) is 2. The molecule has 1 aliphatic rings. The van der Waals surface area contributed by atoms with E-state index in [1.54, 1.807) is 19.1 Å². The number of hydrazine groups is 1. The number of anilines is 3. The van der Waals surface area contributed by atoms with Gasteiger partial charge in [-0.05, 0) is 48.4 Å². The van der Waals surface area contributed by atoms with E-state index in [4.69, 9.17) is 16.3 Å². The number of carbonyl (C=O) groups is 2. The maximum Gasteiger partial charge on any atom is 0.416 e. The summed E-state index contributed by atoms with van der Waals surface area (Å²) in [5.74, 6) is 5.63. The number of aromatic nitrogens is 1. The van der Waals surface area contributed by atoms with Crippen molar-refractivity contribution in [1.29, 1.82) is 0 Å². The molecule has 0 spiro atoms. The van der Waals surface area contributed by atoms with Gasteiger partial charge in [-0.15, -0.1) is 0 Å². The second-order valence-electron chi connectivity index (χ2n) is 9.40. The zero-order valence-electron chi connectivity index (χ0n) is 22.8. The monoisotopic (exact) mass is 605 g/mol. The molecule has 0 aliphatic carbocycles. The Hall–Kier alpha value is -4.18. The minimum absolute atomic E-state index is 0.0236. The van der Waals surface area contributed by atoms with Crippen molar-refractivity contribution in [2.24, 2.45) is 11.6 Å². The van der Waals surface area contributed by atoms with E-state index in [0.717, 1.165) is 23.5 Å². The average molecular weight is 606 g/mol. The van der Waals surface area contributed by atoms with Crippen molar-refractivity contribution < 1.29 is 32.2 Å². The Bertz CT molecular complexity index is 1470. The molecule has 0 radical (unpaired) electrons. The molecule has 15 heteroatoms. The maximum atomic E-state index is 13.7. The fraction of sp³-hybridized carbons (Fsp3) is 0.296. The Morgan fingerprint density at radius 1 is 1.19 bits per heavy atom. The lowest BCUT2D eigenvalue weighted by molar-refractivity contribution is -0.137. The number of carbonyl (C=O) groups excluding carboxylic acids is 2. The summed E-state index contributed by atoms with van der Waals surface area (Å²) in [5, 5.41) is 6.53. The summed E-state index contributed by atoms with van der Waals surface area (Å²) < 4.78 is 50.8. The van der Waals surface area contributed by atoms with E-state index in [1.165, 1.54) is 36.6 Å². The minimum Gasteiger partial charge on any atom is -0.453 e. The lowest BCUT2D eigenvalue weighted by Gasteiger charge is -2.27. The summed E-state index contributed by atoms with van der Waals surface area (Å²) >= 11 is 1.10. The molecule has 42 heavy (non-hydrogen) atoms. The zero-order valence-corrected chi connectivity index (χ0v) is 23.6. The smallest absolute Gasteiger partial charge is 0.416 e. The number of halogens is 3. The molecule has 2 heterocycles. The second kappa shape index (κ2) is 13.2. The van der Waals surface area contributed by atoms with Gasteiger partial charge < -0.3 is 20.5 Å². The first-order valence-corrected chi connectivity index (χ1v) is 13.5. The zero-order chi connectivity index (χ0) is 30.4. The molecule has 0 unspecified atom stereocenters. The van der Waals surface area contributed by atoms with E-state index in [-0.39, 0.29) is 22.1 Å². The van der Waals surface area contributed by atoms with Gasteiger partial charge in [0.2, 0.25) is 0 Å².